The normalized spacial score (nSPS) is 10.3. The fourth-order valence-electron chi connectivity index (χ4n) is 2.41. The molecular weight excluding hydrogens is 307 g/mol. The number of amides is 2. The number of anilines is 1. The number of nitrogens with one attached hydrogen (secondary N) is 1. The Bertz CT molecular complexity index is 759. The first kappa shape index (κ1) is 17.7. The van der Waals surface area contributed by atoms with Gasteiger partial charge in [0.2, 0.25) is 11.8 Å². The predicted molar refractivity (Wildman–Crippen MR) is 92.2 cm³/mol. The van der Waals surface area contributed by atoms with Gasteiger partial charge < -0.3 is 10.2 Å². The third-order valence-corrected chi connectivity index (χ3v) is 3.77. The number of hydrogen-bond donors (Lipinski definition) is 1. The first-order chi connectivity index (χ1) is 11.4. The molecule has 0 atom stereocenters. The molecule has 1 N–H and O–H groups in total. The summed E-state index contributed by atoms with van der Waals surface area (Å²) in [5.74, 6) is -0.921. The molecular formula is C19H21FN2O2. The molecule has 5 heteroatoms. The van der Waals surface area contributed by atoms with Crippen molar-refractivity contribution >= 4 is 17.5 Å². The van der Waals surface area contributed by atoms with Gasteiger partial charge in [-0.1, -0.05) is 30.3 Å². The fraction of sp³-hybridized carbons (Fsp3) is 0.263. The first-order valence-corrected chi connectivity index (χ1v) is 7.74. The summed E-state index contributed by atoms with van der Waals surface area (Å²) in [6.45, 7) is 5.23. The van der Waals surface area contributed by atoms with E-state index in [-0.39, 0.29) is 30.7 Å². The van der Waals surface area contributed by atoms with Crippen LogP contribution in [-0.2, 0) is 16.1 Å². The summed E-state index contributed by atoms with van der Waals surface area (Å²) in [6.07, 6.45) is 0. The third kappa shape index (κ3) is 4.41. The minimum atomic E-state index is -0.365. The summed E-state index contributed by atoms with van der Waals surface area (Å²) in [4.78, 5) is 25.6. The van der Waals surface area contributed by atoms with E-state index in [4.69, 9.17) is 0 Å². The molecule has 0 saturated carbocycles. The Balaban J connectivity index is 2.08. The van der Waals surface area contributed by atoms with Crippen LogP contribution < -0.4 is 10.2 Å². The van der Waals surface area contributed by atoms with E-state index in [0.717, 1.165) is 11.1 Å². The van der Waals surface area contributed by atoms with Crippen molar-refractivity contribution in [2.24, 2.45) is 0 Å². The Morgan fingerprint density at radius 1 is 1.12 bits per heavy atom. The van der Waals surface area contributed by atoms with Crippen LogP contribution in [0.25, 0.3) is 0 Å². The zero-order valence-corrected chi connectivity index (χ0v) is 14.1. The van der Waals surface area contributed by atoms with E-state index in [1.165, 1.54) is 17.9 Å². The molecule has 0 saturated heterocycles. The Morgan fingerprint density at radius 2 is 1.83 bits per heavy atom. The van der Waals surface area contributed by atoms with Crippen LogP contribution in [0, 0.1) is 19.7 Å². The van der Waals surface area contributed by atoms with Crippen molar-refractivity contribution in [3.63, 3.8) is 0 Å². The highest BCUT2D eigenvalue weighted by Crippen LogP contribution is 2.21. The summed E-state index contributed by atoms with van der Waals surface area (Å²) >= 11 is 0. The third-order valence-electron chi connectivity index (χ3n) is 3.77. The van der Waals surface area contributed by atoms with Crippen LogP contribution in [0.15, 0.2) is 42.5 Å². The van der Waals surface area contributed by atoms with Gasteiger partial charge in [0.15, 0.2) is 0 Å². The molecule has 2 amide bonds. The van der Waals surface area contributed by atoms with Gasteiger partial charge in [0, 0.05) is 24.7 Å². The number of carbonyl (C=O) groups excluding carboxylic acids is 2. The lowest BCUT2D eigenvalue weighted by atomic mass is 10.1. The molecule has 0 aliphatic heterocycles. The molecule has 0 bridgehead atoms. The number of hydrogen-bond acceptors (Lipinski definition) is 2. The van der Waals surface area contributed by atoms with Crippen LogP contribution in [0.2, 0.25) is 0 Å². The largest absolute Gasteiger partial charge is 0.350 e. The lowest BCUT2D eigenvalue weighted by Gasteiger charge is -2.23. The Labute approximate surface area is 141 Å². The molecule has 126 valence electrons. The molecule has 2 rings (SSSR count). The van der Waals surface area contributed by atoms with Gasteiger partial charge in [-0.2, -0.15) is 0 Å². The fourth-order valence-corrected chi connectivity index (χ4v) is 2.41. The van der Waals surface area contributed by atoms with Gasteiger partial charge in [-0.15, -0.1) is 0 Å². The minimum absolute atomic E-state index is 0.0874. The average molecular weight is 328 g/mol. The molecule has 0 radical (unpaired) electrons. The first-order valence-electron chi connectivity index (χ1n) is 7.74. The standard InChI is InChI=1S/C19H21FN2O2/c1-13-8-9-14(2)18(10-13)22(15(3)23)12-19(24)21-11-16-6-4-5-7-17(16)20/h4-10H,11-12H2,1-3H3,(H,21,24). The van der Waals surface area contributed by atoms with Crippen molar-refractivity contribution in [1.82, 2.24) is 5.32 Å². The molecule has 24 heavy (non-hydrogen) atoms. The molecule has 0 aliphatic carbocycles. The summed E-state index contributed by atoms with van der Waals surface area (Å²) in [7, 11) is 0. The van der Waals surface area contributed by atoms with Gasteiger partial charge in [0.25, 0.3) is 0 Å². The summed E-state index contributed by atoms with van der Waals surface area (Å²) < 4.78 is 13.6. The van der Waals surface area contributed by atoms with E-state index >= 15 is 0 Å². The quantitative estimate of drug-likeness (QED) is 0.917. The maximum atomic E-state index is 13.6. The number of nitrogens with zero attached hydrogens (tertiary/aromatic N) is 1. The summed E-state index contributed by atoms with van der Waals surface area (Å²) in [5.41, 5.74) is 3.04. The highest BCUT2D eigenvalue weighted by molar-refractivity contribution is 5.98. The zero-order chi connectivity index (χ0) is 17.7. The van der Waals surface area contributed by atoms with Crippen molar-refractivity contribution in [1.29, 1.82) is 0 Å². The number of rotatable bonds is 5. The molecule has 0 spiro atoms. The van der Waals surface area contributed by atoms with Crippen molar-refractivity contribution in [3.05, 3.63) is 65.0 Å². The maximum Gasteiger partial charge on any atom is 0.240 e. The SMILES string of the molecule is CC(=O)N(CC(=O)NCc1ccccc1F)c1cc(C)ccc1C. The van der Waals surface area contributed by atoms with E-state index in [0.29, 0.717) is 11.3 Å². The smallest absolute Gasteiger partial charge is 0.240 e. The van der Waals surface area contributed by atoms with E-state index in [1.54, 1.807) is 18.2 Å². The molecule has 0 unspecified atom stereocenters. The second-order valence-electron chi connectivity index (χ2n) is 5.76. The Hall–Kier alpha value is -2.69. The van der Waals surface area contributed by atoms with E-state index in [1.807, 2.05) is 32.0 Å². The zero-order valence-electron chi connectivity index (χ0n) is 14.1. The lowest BCUT2D eigenvalue weighted by Crippen LogP contribution is -2.40. The number of halogens is 1. The number of aryl methyl sites for hydroxylation is 2. The Kier molecular flexibility index (Phi) is 5.68. The van der Waals surface area contributed by atoms with Gasteiger partial charge in [-0.25, -0.2) is 4.39 Å². The summed E-state index contributed by atoms with van der Waals surface area (Å²) in [5, 5.41) is 2.66. The molecule has 2 aromatic rings. The lowest BCUT2D eigenvalue weighted by molar-refractivity contribution is -0.123. The predicted octanol–water partition coefficient (Wildman–Crippen LogP) is 3.11. The molecule has 2 aromatic carbocycles. The monoisotopic (exact) mass is 328 g/mol. The average Bonchev–Trinajstić information content (AvgIpc) is 2.54. The maximum absolute atomic E-state index is 13.6. The van der Waals surface area contributed by atoms with Gasteiger partial charge in [0.1, 0.15) is 12.4 Å². The van der Waals surface area contributed by atoms with Crippen molar-refractivity contribution in [2.75, 3.05) is 11.4 Å². The number of benzene rings is 2. The van der Waals surface area contributed by atoms with Crippen LogP contribution >= 0.6 is 0 Å². The summed E-state index contributed by atoms with van der Waals surface area (Å²) in [6, 6.07) is 12.0. The van der Waals surface area contributed by atoms with Crippen LogP contribution in [0.4, 0.5) is 10.1 Å². The molecule has 0 heterocycles. The Morgan fingerprint density at radius 3 is 2.50 bits per heavy atom. The van der Waals surface area contributed by atoms with Crippen LogP contribution in [0.3, 0.4) is 0 Å². The molecule has 0 fully saturated rings. The van der Waals surface area contributed by atoms with Gasteiger partial charge in [-0.05, 0) is 37.1 Å². The van der Waals surface area contributed by atoms with Gasteiger partial charge in [-0.3, -0.25) is 9.59 Å². The highest BCUT2D eigenvalue weighted by atomic mass is 19.1. The van der Waals surface area contributed by atoms with E-state index in [9.17, 15) is 14.0 Å². The van der Waals surface area contributed by atoms with Crippen molar-refractivity contribution < 1.29 is 14.0 Å². The van der Waals surface area contributed by atoms with Crippen LogP contribution in [0.1, 0.15) is 23.6 Å². The van der Waals surface area contributed by atoms with Gasteiger partial charge >= 0.3 is 0 Å². The molecule has 0 aliphatic rings. The molecule has 0 aromatic heterocycles. The topological polar surface area (TPSA) is 49.4 Å². The van der Waals surface area contributed by atoms with E-state index in [2.05, 4.69) is 5.32 Å². The van der Waals surface area contributed by atoms with Crippen LogP contribution in [-0.4, -0.2) is 18.4 Å². The second-order valence-corrected chi connectivity index (χ2v) is 5.76. The van der Waals surface area contributed by atoms with E-state index < -0.39 is 0 Å². The number of carbonyl (C=O) groups is 2. The van der Waals surface area contributed by atoms with Crippen LogP contribution in [0.5, 0.6) is 0 Å². The van der Waals surface area contributed by atoms with Gasteiger partial charge in [0.05, 0.1) is 0 Å². The minimum Gasteiger partial charge on any atom is -0.350 e. The molecule has 4 nitrogen and oxygen atoms in total. The van der Waals surface area contributed by atoms with Crippen molar-refractivity contribution in [3.8, 4) is 0 Å². The van der Waals surface area contributed by atoms with Crippen molar-refractivity contribution in [2.45, 2.75) is 27.3 Å². The second kappa shape index (κ2) is 7.73. The highest BCUT2D eigenvalue weighted by Gasteiger charge is 2.17.